The van der Waals surface area contributed by atoms with Gasteiger partial charge in [0.2, 0.25) is 0 Å². The maximum atomic E-state index is 12.2. The molecule has 0 N–H and O–H groups in total. The predicted molar refractivity (Wildman–Crippen MR) is 91.4 cm³/mol. The summed E-state index contributed by atoms with van der Waals surface area (Å²) >= 11 is 0. The van der Waals surface area contributed by atoms with E-state index in [1.54, 1.807) is 18.2 Å². The summed E-state index contributed by atoms with van der Waals surface area (Å²) in [7, 11) is 0. The zero-order chi connectivity index (χ0) is 17.3. The van der Waals surface area contributed by atoms with Crippen LogP contribution in [0.3, 0.4) is 0 Å². The average molecular weight is 325 g/mol. The molecule has 0 amide bonds. The number of hydrogen-bond acceptors (Lipinski definition) is 4. The third-order valence-electron chi connectivity index (χ3n) is 3.93. The van der Waals surface area contributed by atoms with E-state index in [1.165, 1.54) is 4.57 Å². The first-order valence-electron chi connectivity index (χ1n) is 7.82. The Kier molecular flexibility index (Phi) is 4.25. The highest BCUT2D eigenvalue weighted by molar-refractivity contribution is 5.75. The number of ether oxygens (including phenoxy) is 1. The number of carbonyl (C=O) groups is 1. The molecule has 0 saturated carbocycles. The summed E-state index contributed by atoms with van der Waals surface area (Å²) in [6, 6.07) is 11.1. The van der Waals surface area contributed by atoms with E-state index < -0.39 is 5.76 Å². The van der Waals surface area contributed by atoms with Crippen molar-refractivity contribution in [2.75, 3.05) is 0 Å². The molecule has 0 aliphatic carbocycles. The third-order valence-corrected chi connectivity index (χ3v) is 3.93. The van der Waals surface area contributed by atoms with Crippen LogP contribution >= 0.6 is 0 Å². The second kappa shape index (κ2) is 6.35. The Balaban J connectivity index is 1.74. The Hall–Kier alpha value is -2.82. The summed E-state index contributed by atoms with van der Waals surface area (Å²) in [5, 5.41) is 0. The Morgan fingerprint density at radius 3 is 2.50 bits per heavy atom. The van der Waals surface area contributed by atoms with E-state index in [9.17, 15) is 9.59 Å². The summed E-state index contributed by atoms with van der Waals surface area (Å²) in [5.74, 6) is -0.246. The monoisotopic (exact) mass is 325 g/mol. The number of carbonyl (C=O) groups excluding carboxylic acids is 1. The Morgan fingerprint density at radius 1 is 1.12 bits per heavy atom. The van der Waals surface area contributed by atoms with Crippen molar-refractivity contribution in [1.29, 1.82) is 0 Å². The van der Waals surface area contributed by atoms with Crippen LogP contribution in [-0.2, 0) is 11.3 Å². The molecule has 5 nitrogen and oxygen atoms in total. The third kappa shape index (κ3) is 3.11. The van der Waals surface area contributed by atoms with E-state index in [2.05, 4.69) is 0 Å². The summed E-state index contributed by atoms with van der Waals surface area (Å²) < 4.78 is 12.1. The quantitative estimate of drug-likeness (QED) is 0.544. The van der Waals surface area contributed by atoms with Crippen LogP contribution in [0.1, 0.15) is 23.1 Å². The highest BCUT2D eigenvalue weighted by Gasteiger charge is 2.14. The van der Waals surface area contributed by atoms with Gasteiger partial charge in [0, 0.05) is 6.54 Å². The van der Waals surface area contributed by atoms with Crippen LogP contribution < -0.4 is 10.5 Å². The molecule has 0 unspecified atom stereocenters. The molecule has 0 atom stereocenters. The summed E-state index contributed by atoms with van der Waals surface area (Å²) in [6.07, 6.45) is 0.0934. The van der Waals surface area contributed by atoms with Crippen LogP contribution in [-0.4, -0.2) is 10.5 Å². The highest BCUT2D eigenvalue weighted by Crippen LogP contribution is 2.25. The number of nitrogens with zero attached hydrogens (tertiary/aromatic N) is 1. The van der Waals surface area contributed by atoms with Gasteiger partial charge >= 0.3 is 11.7 Å². The molecule has 0 bridgehead atoms. The van der Waals surface area contributed by atoms with Gasteiger partial charge in [-0.15, -0.1) is 0 Å². The molecular formula is C19H19NO4. The van der Waals surface area contributed by atoms with Gasteiger partial charge in [-0.05, 0) is 44.0 Å². The van der Waals surface area contributed by atoms with E-state index in [1.807, 2.05) is 39.0 Å². The van der Waals surface area contributed by atoms with E-state index in [4.69, 9.17) is 9.15 Å². The van der Waals surface area contributed by atoms with Crippen molar-refractivity contribution < 1.29 is 13.9 Å². The zero-order valence-corrected chi connectivity index (χ0v) is 14.0. The minimum Gasteiger partial charge on any atom is -0.426 e. The van der Waals surface area contributed by atoms with Gasteiger partial charge in [-0.25, -0.2) is 4.79 Å². The lowest BCUT2D eigenvalue weighted by atomic mass is 10.1. The van der Waals surface area contributed by atoms with Crippen molar-refractivity contribution in [3.05, 3.63) is 63.6 Å². The van der Waals surface area contributed by atoms with E-state index in [0.717, 1.165) is 16.7 Å². The average Bonchev–Trinajstić information content (AvgIpc) is 2.84. The fraction of sp³-hybridized carbons (Fsp3) is 0.263. The number of fused-ring (bicyclic) bond motifs is 1. The molecule has 1 aromatic heterocycles. The molecule has 2 aromatic carbocycles. The van der Waals surface area contributed by atoms with Gasteiger partial charge in [0.05, 0.1) is 11.9 Å². The standard InChI is InChI=1S/C19H19NO4/c1-12-10-13(2)18(14(3)11-12)24-17(21)8-9-20-15-6-4-5-7-16(15)23-19(20)22/h4-7,10-11H,8-9H2,1-3H3. The van der Waals surface area contributed by atoms with Gasteiger partial charge in [-0.2, -0.15) is 0 Å². The SMILES string of the molecule is Cc1cc(C)c(OC(=O)CCn2c(=O)oc3ccccc32)c(C)c1. The van der Waals surface area contributed by atoms with Gasteiger partial charge in [0.25, 0.3) is 0 Å². The Morgan fingerprint density at radius 2 is 1.79 bits per heavy atom. The van der Waals surface area contributed by atoms with Gasteiger partial charge in [-0.1, -0.05) is 29.8 Å². The van der Waals surface area contributed by atoms with Crippen molar-refractivity contribution >= 4 is 17.1 Å². The lowest BCUT2D eigenvalue weighted by molar-refractivity contribution is -0.134. The maximum Gasteiger partial charge on any atom is 0.419 e. The molecule has 24 heavy (non-hydrogen) atoms. The fourth-order valence-electron chi connectivity index (χ4n) is 2.92. The smallest absolute Gasteiger partial charge is 0.419 e. The summed E-state index contributed by atoms with van der Waals surface area (Å²) in [6.45, 7) is 6.05. The van der Waals surface area contributed by atoms with Crippen molar-refractivity contribution in [3.63, 3.8) is 0 Å². The summed E-state index contributed by atoms with van der Waals surface area (Å²) in [4.78, 5) is 24.1. The lowest BCUT2D eigenvalue weighted by Crippen LogP contribution is -2.19. The summed E-state index contributed by atoms with van der Waals surface area (Å²) in [5.41, 5.74) is 4.17. The van der Waals surface area contributed by atoms with Gasteiger partial charge in [-0.3, -0.25) is 9.36 Å². The van der Waals surface area contributed by atoms with Crippen molar-refractivity contribution in [1.82, 2.24) is 4.57 Å². The number of rotatable bonds is 4. The first-order chi connectivity index (χ1) is 11.5. The molecule has 0 fully saturated rings. The van der Waals surface area contributed by atoms with Crippen LogP contribution in [0.15, 0.2) is 45.6 Å². The topological polar surface area (TPSA) is 61.4 Å². The molecule has 0 saturated heterocycles. The van der Waals surface area contributed by atoms with Crippen molar-refractivity contribution in [3.8, 4) is 5.75 Å². The Labute approximate surface area is 139 Å². The van der Waals surface area contributed by atoms with E-state index >= 15 is 0 Å². The number of hydrogen-bond donors (Lipinski definition) is 0. The first-order valence-corrected chi connectivity index (χ1v) is 7.82. The van der Waals surface area contributed by atoms with Gasteiger partial charge < -0.3 is 9.15 Å². The largest absolute Gasteiger partial charge is 0.426 e. The number of para-hydroxylation sites is 2. The van der Waals surface area contributed by atoms with Crippen LogP contribution in [0.4, 0.5) is 0 Å². The predicted octanol–water partition coefficient (Wildman–Crippen LogP) is 3.52. The molecule has 3 aromatic rings. The van der Waals surface area contributed by atoms with Crippen LogP contribution in [0.5, 0.6) is 5.75 Å². The second-order valence-electron chi connectivity index (χ2n) is 5.94. The number of benzene rings is 2. The van der Waals surface area contributed by atoms with Crippen LogP contribution in [0, 0.1) is 20.8 Å². The van der Waals surface area contributed by atoms with Crippen LogP contribution in [0.2, 0.25) is 0 Å². The molecular weight excluding hydrogens is 306 g/mol. The molecule has 5 heteroatoms. The molecule has 0 aliphatic rings. The van der Waals surface area contributed by atoms with E-state index in [-0.39, 0.29) is 18.9 Å². The highest BCUT2D eigenvalue weighted by atomic mass is 16.5. The lowest BCUT2D eigenvalue weighted by Gasteiger charge is -2.11. The molecule has 124 valence electrons. The van der Waals surface area contributed by atoms with Crippen molar-refractivity contribution in [2.45, 2.75) is 33.7 Å². The minimum atomic E-state index is -0.466. The molecule has 0 spiro atoms. The zero-order valence-electron chi connectivity index (χ0n) is 14.0. The number of oxazole rings is 1. The first kappa shape index (κ1) is 16.1. The number of aromatic nitrogens is 1. The van der Waals surface area contributed by atoms with Crippen LogP contribution in [0.25, 0.3) is 11.1 Å². The fourth-order valence-corrected chi connectivity index (χ4v) is 2.92. The molecule has 1 heterocycles. The van der Waals surface area contributed by atoms with E-state index in [0.29, 0.717) is 16.8 Å². The maximum absolute atomic E-state index is 12.2. The van der Waals surface area contributed by atoms with Gasteiger partial charge in [0.1, 0.15) is 5.75 Å². The normalized spacial score (nSPS) is 11.0. The second-order valence-corrected chi connectivity index (χ2v) is 5.94. The number of aryl methyl sites for hydroxylation is 4. The minimum absolute atomic E-state index is 0.0934. The van der Waals surface area contributed by atoms with Crippen molar-refractivity contribution in [2.24, 2.45) is 0 Å². The molecule has 0 radical (unpaired) electrons. The number of esters is 1. The Bertz CT molecular complexity index is 942. The molecule has 3 rings (SSSR count). The van der Waals surface area contributed by atoms with Gasteiger partial charge in [0.15, 0.2) is 5.58 Å². The molecule has 0 aliphatic heterocycles.